The van der Waals surface area contributed by atoms with Crippen molar-refractivity contribution in [1.29, 1.82) is 0 Å². The zero-order valence-electron chi connectivity index (χ0n) is 7.04. The van der Waals surface area contributed by atoms with Crippen LogP contribution in [0.1, 0.15) is 0 Å². The maximum absolute atomic E-state index is 11.8. The molecule has 0 aromatic heterocycles. The van der Waals surface area contributed by atoms with E-state index in [2.05, 4.69) is 0 Å². The first-order valence-electron chi connectivity index (χ1n) is 3.27. The SMILES string of the molecule is FC(F)(F)[PH](C(F)(F)F)(C(F)(F)F)C(F)(F)F. The number of halogens is 12. The molecule has 0 radical (unpaired) electrons. The molecule has 106 valence electrons. The molecule has 0 amide bonds. The summed E-state index contributed by atoms with van der Waals surface area (Å²) in [6.07, 6.45) is 0. The second-order valence-electron chi connectivity index (χ2n) is 2.74. The predicted octanol–water partition coefficient (Wildman–Crippen LogP) is 4.82. The fourth-order valence-corrected chi connectivity index (χ4v) is 2.89. The Balaban J connectivity index is 6.37. The van der Waals surface area contributed by atoms with E-state index in [1.54, 1.807) is 0 Å². The Morgan fingerprint density at radius 1 is 0.353 bits per heavy atom. The summed E-state index contributed by atoms with van der Waals surface area (Å²) in [6, 6.07) is 0. The van der Waals surface area contributed by atoms with Gasteiger partial charge in [-0.1, -0.05) is 0 Å². The Morgan fingerprint density at radius 2 is 0.471 bits per heavy atom. The average Bonchev–Trinajstić information content (AvgIpc) is 1.67. The van der Waals surface area contributed by atoms with Gasteiger partial charge in [-0.15, -0.1) is 0 Å². The second kappa shape index (κ2) is 3.79. The van der Waals surface area contributed by atoms with Gasteiger partial charge in [0.1, 0.15) is 0 Å². The van der Waals surface area contributed by atoms with E-state index in [0.29, 0.717) is 0 Å². The summed E-state index contributed by atoms with van der Waals surface area (Å²) in [5.74, 6) is -29.9. The van der Waals surface area contributed by atoms with Gasteiger partial charge in [0.25, 0.3) is 0 Å². The van der Waals surface area contributed by atoms with E-state index in [4.69, 9.17) is 0 Å². The van der Waals surface area contributed by atoms with Crippen LogP contribution in [-0.2, 0) is 0 Å². The number of alkyl halides is 12. The predicted molar refractivity (Wildman–Crippen MR) is 32.5 cm³/mol. The Kier molecular flexibility index (Phi) is 3.70. The molecule has 0 saturated carbocycles. The molecule has 0 bridgehead atoms. The zero-order chi connectivity index (χ0) is 14.5. The Bertz CT molecular complexity index is 211. The monoisotopic (exact) mass is 308 g/mol. The number of rotatable bonds is 0. The van der Waals surface area contributed by atoms with Crippen LogP contribution in [0.2, 0.25) is 0 Å². The van der Waals surface area contributed by atoms with E-state index >= 15 is 0 Å². The molecule has 0 aliphatic rings. The molecule has 0 saturated heterocycles. The van der Waals surface area contributed by atoms with Crippen molar-refractivity contribution in [1.82, 2.24) is 0 Å². The number of hydrogen-bond donors (Lipinski definition) is 0. The van der Waals surface area contributed by atoms with Crippen LogP contribution >= 0.6 is 7.26 Å². The Labute approximate surface area is 84.9 Å². The fourth-order valence-electron chi connectivity index (χ4n) is 0.964. The molecule has 0 nitrogen and oxygen atoms in total. The third-order valence-electron chi connectivity index (χ3n) is 1.70. The van der Waals surface area contributed by atoms with Crippen molar-refractivity contribution < 1.29 is 52.7 Å². The molecule has 0 spiro atoms. The van der Waals surface area contributed by atoms with Gasteiger partial charge >= 0.3 is 83.6 Å². The van der Waals surface area contributed by atoms with Crippen LogP contribution < -0.4 is 0 Å². The normalized spacial score (nSPS) is 17.2. The van der Waals surface area contributed by atoms with Gasteiger partial charge in [0.05, 0.1) is 0 Å². The van der Waals surface area contributed by atoms with Crippen molar-refractivity contribution in [3.05, 3.63) is 0 Å². The van der Waals surface area contributed by atoms with Gasteiger partial charge in [-0.05, 0) is 0 Å². The van der Waals surface area contributed by atoms with Crippen molar-refractivity contribution in [3.63, 3.8) is 0 Å². The molecule has 17 heavy (non-hydrogen) atoms. The van der Waals surface area contributed by atoms with Crippen LogP contribution in [0.5, 0.6) is 0 Å². The van der Waals surface area contributed by atoms with Gasteiger partial charge in [0, 0.05) is 0 Å². The third-order valence-corrected chi connectivity index (χ3v) is 5.10. The summed E-state index contributed by atoms with van der Waals surface area (Å²) >= 11 is 0. The Hall–Kier alpha value is -0.410. The van der Waals surface area contributed by atoms with E-state index in [9.17, 15) is 52.7 Å². The topological polar surface area (TPSA) is 0 Å². The second-order valence-corrected chi connectivity index (χ2v) is 6.51. The summed E-state index contributed by atoms with van der Waals surface area (Å²) in [5.41, 5.74) is 0. The average molecular weight is 308 g/mol. The molecule has 0 atom stereocenters. The van der Waals surface area contributed by atoms with Gasteiger partial charge in [-0.2, -0.15) is 0 Å². The minimum absolute atomic E-state index is 7.47. The van der Waals surface area contributed by atoms with E-state index in [-0.39, 0.29) is 0 Å². The van der Waals surface area contributed by atoms with E-state index < -0.39 is 30.9 Å². The quantitative estimate of drug-likeness (QED) is 0.445. The molecule has 0 heterocycles. The molecule has 0 aliphatic heterocycles. The van der Waals surface area contributed by atoms with Gasteiger partial charge in [-0.25, -0.2) is 0 Å². The molecular formula is C4HF12P. The van der Waals surface area contributed by atoms with Crippen molar-refractivity contribution in [2.75, 3.05) is 0 Å². The molecule has 0 aliphatic carbocycles. The van der Waals surface area contributed by atoms with Crippen molar-refractivity contribution in [2.24, 2.45) is 0 Å². The maximum atomic E-state index is 11.8. The van der Waals surface area contributed by atoms with Crippen molar-refractivity contribution in [2.45, 2.75) is 23.7 Å². The molecule has 0 fully saturated rings. The van der Waals surface area contributed by atoms with Crippen LogP contribution in [0, 0.1) is 0 Å². The minimum atomic E-state index is -9.60. The zero-order valence-corrected chi connectivity index (χ0v) is 8.04. The van der Waals surface area contributed by atoms with Crippen LogP contribution in [0.3, 0.4) is 0 Å². The van der Waals surface area contributed by atoms with Crippen LogP contribution in [0.25, 0.3) is 0 Å². The van der Waals surface area contributed by atoms with Gasteiger partial charge in [0.15, 0.2) is 0 Å². The van der Waals surface area contributed by atoms with E-state index in [0.717, 1.165) is 0 Å². The fraction of sp³-hybridized carbons (Fsp3) is 1.00. The van der Waals surface area contributed by atoms with Gasteiger partial charge in [0.2, 0.25) is 0 Å². The molecular weight excluding hydrogens is 307 g/mol. The third kappa shape index (κ3) is 2.27. The first-order valence-corrected chi connectivity index (χ1v) is 5.27. The van der Waals surface area contributed by atoms with Gasteiger partial charge in [-0.3, -0.25) is 0 Å². The molecule has 13 heteroatoms. The first kappa shape index (κ1) is 16.6. The van der Waals surface area contributed by atoms with E-state index in [1.807, 2.05) is 0 Å². The first-order chi connectivity index (χ1) is 7.00. The summed E-state index contributed by atoms with van der Waals surface area (Å²) in [4.78, 5) is 0. The standard InChI is InChI=1S/C4HF12P/c5-1(6,7)17(2(8,9)10,3(11,12)13)4(14,15)16/h17H. The summed E-state index contributed by atoms with van der Waals surface area (Å²) < 4.78 is 141. The summed E-state index contributed by atoms with van der Waals surface area (Å²) in [5, 5.41) is 0. The molecule has 0 aromatic carbocycles. The van der Waals surface area contributed by atoms with Crippen LogP contribution in [0.15, 0.2) is 0 Å². The van der Waals surface area contributed by atoms with Crippen LogP contribution in [-0.4, -0.2) is 23.7 Å². The van der Waals surface area contributed by atoms with Crippen LogP contribution in [0.4, 0.5) is 52.7 Å². The van der Waals surface area contributed by atoms with E-state index in [1.165, 1.54) is 0 Å². The molecule has 0 rings (SSSR count). The van der Waals surface area contributed by atoms with Gasteiger partial charge < -0.3 is 0 Å². The molecule has 0 N–H and O–H groups in total. The van der Waals surface area contributed by atoms with Crippen molar-refractivity contribution in [3.8, 4) is 0 Å². The summed E-state index contributed by atoms with van der Waals surface area (Å²) in [6.45, 7) is 0. The molecule has 0 aromatic rings. The molecule has 0 unspecified atom stereocenters. The summed E-state index contributed by atoms with van der Waals surface area (Å²) in [7, 11) is -9.60. The number of hydrogen-bond acceptors (Lipinski definition) is 0. The Morgan fingerprint density at radius 3 is 0.471 bits per heavy atom. The van der Waals surface area contributed by atoms with Crippen molar-refractivity contribution >= 4 is 7.26 Å².